The van der Waals surface area contributed by atoms with Crippen molar-refractivity contribution < 1.29 is 13.9 Å². The highest BCUT2D eigenvalue weighted by Gasteiger charge is 2.09. The van der Waals surface area contributed by atoms with Crippen LogP contribution in [0.5, 0.6) is 5.75 Å². The van der Waals surface area contributed by atoms with Crippen LogP contribution in [0.1, 0.15) is 16.7 Å². The first-order chi connectivity index (χ1) is 9.95. The van der Waals surface area contributed by atoms with Crippen LogP contribution in [0.4, 0.5) is 10.1 Å². The summed E-state index contributed by atoms with van der Waals surface area (Å²) in [6, 6.07) is 9.77. The second kappa shape index (κ2) is 6.39. The fourth-order valence-electron chi connectivity index (χ4n) is 2.30. The van der Waals surface area contributed by atoms with E-state index in [2.05, 4.69) is 5.32 Å². The minimum atomic E-state index is -0.390. The van der Waals surface area contributed by atoms with Gasteiger partial charge in [0, 0.05) is 5.69 Å². The Morgan fingerprint density at radius 1 is 1.14 bits per heavy atom. The number of benzene rings is 2. The lowest BCUT2D eigenvalue weighted by atomic mass is 10.1. The molecule has 0 aliphatic carbocycles. The molecule has 2 aromatic carbocycles. The van der Waals surface area contributed by atoms with Crippen molar-refractivity contribution in [3.63, 3.8) is 0 Å². The summed E-state index contributed by atoms with van der Waals surface area (Å²) in [5, 5.41) is 2.60. The van der Waals surface area contributed by atoms with E-state index in [1.54, 1.807) is 12.1 Å². The third kappa shape index (κ3) is 4.05. The van der Waals surface area contributed by atoms with Crippen LogP contribution in [0, 0.1) is 26.6 Å². The molecule has 1 amide bonds. The number of carbonyl (C=O) groups excluding carboxylic acids is 1. The average Bonchev–Trinajstić information content (AvgIpc) is 2.37. The van der Waals surface area contributed by atoms with E-state index in [-0.39, 0.29) is 18.3 Å². The van der Waals surface area contributed by atoms with Gasteiger partial charge in [-0.25, -0.2) is 4.39 Å². The van der Waals surface area contributed by atoms with Crippen LogP contribution in [-0.2, 0) is 4.79 Å². The summed E-state index contributed by atoms with van der Waals surface area (Å²) in [5.41, 5.74) is 3.56. The van der Waals surface area contributed by atoms with Gasteiger partial charge in [-0.15, -0.1) is 0 Å². The number of hydrogen-bond acceptors (Lipinski definition) is 2. The van der Waals surface area contributed by atoms with E-state index >= 15 is 0 Å². The molecule has 3 nitrogen and oxygen atoms in total. The van der Waals surface area contributed by atoms with E-state index in [1.165, 1.54) is 12.1 Å². The van der Waals surface area contributed by atoms with Gasteiger partial charge in [0.1, 0.15) is 11.6 Å². The third-order valence-electron chi connectivity index (χ3n) is 3.06. The largest absolute Gasteiger partial charge is 0.483 e. The van der Waals surface area contributed by atoms with Gasteiger partial charge in [0.2, 0.25) is 0 Å². The molecule has 4 heteroatoms. The Hall–Kier alpha value is -2.36. The zero-order valence-electron chi connectivity index (χ0n) is 12.4. The molecule has 2 rings (SSSR count). The molecular formula is C17H18FNO2. The molecule has 0 saturated carbocycles. The molecule has 110 valence electrons. The topological polar surface area (TPSA) is 38.3 Å². The first kappa shape index (κ1) is 15.0. The fraction of sp³-hybridized carbons (Fsp3) is 0.235. The number of rotatable bonds is 4. The highest BCUT2D eigenvalue weighted by atomic mass is 19.1. The molecule has 0 aliphatic heterocycles. The van der Waals surface area contributed by atoms with Crippen molar-refractivity contribution in [3.05, 3.63) is 58.9 Å². The molecule has 0 radical (unpaired) electrons. The van der Waals surface area contributed by atoms with Gasteiger partial charge in [-0.2, -0.15) is 0 Å². The van der Waals surface area contributed by atoms with Gasteiger partial charge in [-0.05, 0) is 50.1 Å². The molecule has 0 bridgehead atoms. The van der Waals surface area contributed by atoms with Crippen molar-refractivity contribution in [3.8, 4) is 5.75 Å². The Morgan fingerprint density at radius 3 is 2.43 bits per heavy atom. The molecule has 2 aromatic rings. The smallest absolute Gasteiger partial charge is 0.262 e. The van der Waals surface area contributed by atoms with E-state index in [9.17, 15) is 9.18 Å². The molecule has 0 heterocycles. The Kier molecular flexibility index (Phi) is 4.58. The lowest BCUT2D eigenvalue weighted by Crippen LogP contribution is -2.20. The number of ether oxygens (including phenoxy) is 1. The van der Waals surface area contributed by atoms with Gasteiger partial charge in [0.05, 0.1) is 0 Å². The van der Waals surface area contributed by atoms with Crippen molar-refractivity contribution in [2.45, 2.75) is 20.8 Å². The Balaban J connectivity index is 1.99. The number of aryl methyl sites for hydroxylation is 3. The number of amides is 1. The zero-order chi connectivity index (χ0) is 15.4. The van der Waals surface area contributed by atoms with E-state index in [4.69, 9.17) is 4.74 Å². The summed E-state index contributed by atoms with van der Waals surface area (Å²) in [4.78, 5) is 11.8. The summed E-state index contributed by atoms with van der Waals surface area (Å²) >= 11 is 0. The van der Waals surface area contributed by atoms with Crippen LogP contribution in [-0.4, -0.2) is 12.5 Å². The van der Waals surface area contributed by atoms with Crippen LogP contribution in [0.2, 0.25) is 0 Å². The fourth-order valence-corrected chi connectivity index (χ4v) is 2.30. The van der Waals surface area contributed by atoms with Crippen LogP contribution in [0.3, 0.4) is 0 Å². The Labute approximate surface area is 123 Å². The molecule has 0 unspecified atom stereocenters. The lowest BCUT2D eigenvalue weighted by Gasteiger charge is -2.13. The van der Waals surface area contributed by atoms with Gasteiger partial charge in [0.15, 0.2) is 6.61 Å². The van der Waals surface area contributed by atoms with Gasteiger partial charge in [-0.3, -0.25) is 4.79 Å². The predicted octanol–water partition coefficient (Wildman–Crippen LogP) is 3.77. The van der Waals surface area contributed by atoms with Gasteiger partial charge < -0.3 is 10.1 Å². The molecule has 0 aromatic heterocycles. The van der Waals surface area contributed by atoms with Crippen molar-refractivity contribution in [1.82, 2.24) is 0 Å². The van der Waals surface area contributed by atoms with E-state index in [0.29, 0.717) is 5.69 Å². The third-order valence-corrected chi connectivity index (χ3v) is 3.06. The Morgan fingerprint density at radius 2 is 1.81 bits per heavy atom. The number of carbonyl (C=O) groups is 1. The van der Waals surface area contributed by atoms with Crippen LogP contribution in [0.25, 0.3) is 0 Å². The minimum Gasteiger partial charge on any atom is -0.483 e. The molecule has 0 spiro atoms. The van der Waals surface area contributed by atoms with E-state index in [1.807, 2.05) is 32.9 Å². The Bertz CT molecular complexity index is 645. The molecular weight excluding hydrogens is 269 g/mol. The number of nitrogens with one attached hydrogen (secondary N) is 1. The van der Waals surface area contributed by atoms with Crippen molar-refractivity contribution >= 4 is 11.6 Å². The first-order valence-electron chi connectivity index (χ1n) is 6.72. The zero-order valence-corrected chi connectivity index (χ0v) is 12.4. The lowest BCUT2D eigenvalue weighted by molar-refractivity contribution is -0.118. The maximum Gasteiger partial charge on any atom is 0.262 e. The van der Waals surface area contributed by atoms with E-state index in [0.717, 1.165) is 22.4 Å². The quantitative estimate of drug-likeness (QED) is 0.929. The van der Waals surface area contributed by atoms with Gasteiger partial charge in [-0.1, -0.05) is 23.8 Å². The number of hydrogen-bond donors (Lipinski definition) is 1. The summed E-state index contributed by atoms with van der Waals surface area (Å²) in [7, 11) is 0. The normalized spacial score (nSPS) is 10.3. The summed E-state index contributed by atoms with van der Waals surface area (Å²) in [6.45, 7) is 5.79. The van der Waals surface area contributed by atoms with Gasteiger partial charge >= 0.3 is 0 Å². The number of anilines is 1. The second-order valence-electron chi connectivity index (χ2n) is 5.08. The van der Waals surface area contributed by atoms with Crippen molar-refractivity contribution in [2.75, 3.05) is 11.9 Å². The van der Waals surface area contributed by atoms with Crippen LogP contribution in [0.15, 0.2) is 36.4 Å². The van der Waals surface area contributed by atoms with E-state index < -0.39 is 0 Å². The number of halogens is 1. The molecule has 0 saturated heterocycles. The monoisotopic (exact) mass is 287 g/mol. The van der Waals surface area contributed by atoms with Crippen LogP contribution >= 0.6 is 0 Å². The molecule has 0 fully saturated rings. The standard InChI is InChI=1S/C17H18FNO2/c1-11-7-12(2)17(13(3)8-11)21-10-16(20)19-15-6-4-5-14(18)9-15/h4-9H,10H2,1-3H3,(H,19,20). The summed E-state index contributed by atoms with van der Waals surface area (Å²) in [5.74, 6) is 0.00825. The SMILES string of the molecule is Cc1cc(C)c(OCC(=O)Nc2cccc(F)c2)c(C)c1. The molecule has 21 heavy (non-hydrogen) atoms. The average molecular weight is 287 g/mol. The van der Waals surface area contributed by atoms with Crippen LogP contribution < -0.4 is 10.1 Å². The highest BCUT2D eigenvalue weighted by Crippen LogP contribution is 2.24. The second-order valence-corrected chi connectivity index (χ2v) is 5.08. The maximum atomic E-state index is 13.0. The minimum absolute atomic E-state index is 0.110. The molecule has 0 atom stereocenters. The summed E-state index contributed by atoms with van der Waals surface area (Å²) in [6.07, 6.45) is 0. The predicted molar refractivity (Wildman–Crippen MR) is 81.2 cm³/mol. The molecule has 0 aliphatic rings. The van der Waals surface area contributed by atoms with Crippen molar-refractivity contribution in [1.29, 1.82) is 0 Å². The van der Waals surface area contributed by atoms with Crippen molar-refractivity contribution in [2.24, 2.45) is 0 Å². The summed E-state index contributed by atoms with van der Waals surface area (Å²) < 4.78 is 18.6. The maximum absolute atomic E-state index is 13.0. The highest BCUT2D eigenvalue weighted by molar-refractivity contribution is 5.91. The molecule has 1 N–H and O–H groups in total. The van der Waals surface area contributed by atoms with Gasteiger partial charge in [0.25, 0.3) is 5.91 Å². The first-order valence-corrected chi connectivity index (χ1v) is 6.72.